The molecular formula is C21H18BrN5OS2. The molecule has 0 spiro atoms. The lowest BCUT2D eigenvalue weighted by molar-refractivity contribution is -0.113. The van der Waals surface area contributed by atoms with E-state index in [1.807, 2.05) is 43.5 Å². The Morgan fingerprint density at radius 2 is 1.90 bits per heavy atom. The molecule has 4 aromatic rings. The van der Waals surface area contributed by atoms with Gasteiger partial charge in [-0.1, -0.05) is 81.5 Å². The lowest BCUT2D eigenvalue weighted by Crippen LogP contribution is -2.14. The smallest absolute Gasteiger partial charge is 0.236 e. The average molecular weight is 500 g/mol. The monoisotopic (exact) mass is 499 g/mol. The van der Waals surface area contributed by atoms with Gasteiger partial charge in [-0.3, -0.25) is 10.1 Å². The predicted molar refractivity (Wildman–Crippen MR) is 125 cm³/mol. The molecule has 2 aromatic carbocycles. The Morgan fingerprint density at radius 1 is 1.13 bits per heavy atom. The summed E-state index contributed by atoms with van der Waals surface area (Å²) < 4.78 is 3.17. The Hall–Kier alpha value is -2.49. The van der Waals surface area contributed by atoms with Crippen LogP contribution in [0.15, 0.2) is 70.4 Å². The molecule has 0 bridgehead atoms. The molecule has 0 saturated carbocycles. The highest BCUT2D eigenvalue weighted by molar-refractivity contribution is 9.10. The lowest BCUT2D eigenvalue weighted by Gasteiger charge is -2.12. The second-order valence-electron chi connectivity index (χ2n) is 6.47. The Kier molecular flexibility index (Phi) is 6.61. The Balaban J connectivity index is 1.55. The van der Waals surface area contributed by atoms with Crippen LogP contribution in [0.1, 0.15) is 10.6 Å². The number of benzene rings is 2. The van der Waals surface area contributed by atoms with Crippen molar-refractivity contribution in [1.82, 2.24) is 19.7 Å². The fourth-order valence-electron chi connectivity index (χ4n) is 2.88. The minimum atomic E-state index is -0.129. The van der Waals surface area contributed by atoms with Crippen LogP contribution in [-0.4, -0.2) is 31.4 Å². The lowest BCUT2D eigenvalue weighted by atomic mass is 10.1. The number of nitrogens with one attached hydrogen (secondary N) is 1. The van der Waals surface area contributed by atoms with Gasteiger partial charge in [-0.2, -0.15) is 0 Å². The number of amides is 1. The number of aryl methyl sites for hydroxylation is 1. The number of anilines is 1. The van der Waals surface area contributed by atoms with Crippen LogP contribution in [0, 0.1) is 6.92 Å². The number of hydrogen-bond acceptors (Lipinski definition) is 6. The summed E-state index contributed by atoms with van der Waals surface area (Å²) in [7, 11) is 0. The number of aromatic nitrogens is 4. The van der Waals surface area contributed by atoms with Crippen LogP contribution in [0.5, 0.6) is 0 Å². The zero-order valence-electron chi connectivity index (χ0n) is 16.1. The van der Waals surface area contributed by atoms with Gasteiger partial charge in [-0.15, -0.1) is 10.2 Å². The highest BCUT2D eigenvalue weighted by Crippen LogP contribution is 2.28. The summed E-state index contributed by atoms with van der Waals surface area (Å²) in [6, 6.07) is 18.4. The van der Waals surface area contributed by atoms with Crippen LogP contribution in [0.4, 0.5) is 5.13 Å². The van der Waals surface area contributed by atoms with E-state index in [2.05, 4.69) is 65.3 Å². The molecule has 30 heavy (non-hydrogen) atoms. The summed E-state index contributed by atoms with van der Waals surface area (Å²) in [6.45, 7) is 2.53. The highest BCUT2D eigenvalue weighted by Gasteiger charge is 2.15. The predicted octanol–water partition coefficient (Wildman–Crippen LogP) is 5.25. The van der Waals surface area contributed by atoms with Crippen LogP contribution in [0.3, 0.4) is 0 Å². The van der Waals surface area contributed by atoms with Crippen LogP contribution >= 0.6 is 39.0 Å². The van der Waals surface area contributed by atoms with Crippen molar-refractivity contribution in [2.75, 3.05) is 11.1 Å². The van der Waals surface area contributed by atoms with E-state index in [0.717, 1.165) is 25.9 Å². The summed E-state index contributed by atoms with van der Waals surface area (Å²) in [5.74, 6) is 0.111. The SMILES string of the molecule is Cc1nnc(NC(=O)CSc2ncc(-c3ccc(Br)cc3)n2Cc2ccccc2)s1. The first-order valence-electron chi connectivity index (χ1n) is 9.16. The van der Waals surface area contributed by atoms with Crippen LogP contribution in [0.2, 0.25) is 0 Å². The van der Waals surface area contributed by atoms with Gasteiger partial charge in [-0.05, 0) is 30.2 Å². The van der Waals surface area contributed by atoms with Gasteiger partial charge in [0.1, 0.15) is 5.01 Å². The van der Waals surface area contributed by atoms with Crippen LogP contribution in [-0.2, 0) is 11.3 Å². The molecule has 0 atom stereocenters. The second kappa shape index (κ2) is 9.55. The topological polar surface area (TPSA) is 72.7 Å². The quantitative estimate of drug-likeness (QED) is 0.351. The second-order valence-corrected chi connectivity index (χ2v) is 9.51. The molecule has 9 heteroatoms. The number of hydrogen-bond donors (Lipinski definition) is 1. The van der Waals surface area contributed by atoms with E-state index in [9.17, 15) is 4.79 Å². The Labute approximate surface area is 190 Å². The molecule has 152 valence electrons. The fourth-order valence-corrected chi connectivity index (χ4v) is 4.53. The van der Waals surface area contributed by atoms with Crippen molar-refractivity contribution >= 4 is 50.1 Å². The van der Waals surface area contributed by atoms with Crippen molar-refractivity contribution in [2.24, 2.45) is 0 Å². The summed E-state index contributed by atoms with van der Waals surface area (Å²) in [5, 5.41) is 12.8. The van der Waals surface area contributed by atoms with Gasteiger partial charge in [-0.25, -0.2) is 4.98 Å². The van der Waals surface area contributed by atoms with Crippen molar-refractivity contribution in [3.8, 4) is 11.3 Å². The van der Waals surface area contributed by atoms with Gasteiger partial charge in [0, 0.05) is 4.47 Å². The molecule has 0 saturated heterocycles. The van der Waals surface area contributed by atoms with E-state index in [0.29, 0.717) is 11.7 Å². The molecule has 0 unspecified atom stereocenters. The standard InChI is InChI=1S/C21H18BrN5OS2/c1-14-25-26-20(30-14)24-19(28)13-29-21-23-11-18(16-7-9-17(22)10-8-16)27(21)12-15-5-3-2-4-6-15/h2-11H,12-13H2,1H3,(H,24,26,28). The molecular weight excluding hydrogens is 482 g/mol. The zero-order valence-corrected chi connectivity index (χ0v) is 19.3. The third kappa shape index (κ3) is 5.16. The maximum atomic E-state index is 12.3. The van der Waals surface area contributed by atoms with Crippen molar-refractivity contribution in [2.45, 2.75) is 18.6 Å². The van der Waals surface area contributed by atoms with Gasteiger partial charge in [0.25, 0.3) is 0 Å². The number of thioether (sulfide) groups is 1. The molecule has 2 aromatic heterocycles. The van der Waals surface area contributed by atoms with E-state index >= 15 is 0 Å². The first-order chi connectivity index (χ1) is 14.6. The Morgan fingerprint density at radius 3 is 2.60 bits per heavy atom. The van der Waals surface area contributed by atoms with Gasteiger partial charge in [0.05, 0.1) is 24.2 Å². The molecule has 6 nitrogen and oxygen atoms in total. The van der Waals surface area contributed by atoms with Crippen LogP contribution < -0.4 is 5.32 Å². The normalized spacial score (nSPS) is 10.9. The molecule has 0 radical (unpaired) electrons. The summed E-state index contributed by atoms with van der Waals surface area (Å²) in [5.41, 5.74) is 3.25. The first kappa shape index (κ1) is 20.8. The molecule has 0 fully saturated rings. The highest BCUT2D eigenvalue weighted by atomic mass is 79.9. The van der Waals surface area contributed by atoms with E-state index in [1.54, 1.807) is 0 Å². The fraction of sp³-hybridized carbons (Fsp3) is 0.143. The van der Waals surface area contributed by atoms with Crippen molar-refractivity contribution in [3.63, 3.8) is 0 Å². The largest absolute Gasteiger partial charge is 0.314 e. The number of imidazole rings is 1. The van der Waals surface area contributed by atoms with Gasteiger partial charge in [0.15, 0.2) is 5.16 Å². The van der Waals surface area contributed by atoms with E-state index in [-0.39, 0.29) is 11.7 Å². The first-order valence-corrected chi connectivity index (χ1v) is 11.8. The van der Waals surface area contributed by atoms with Gasteiger partial charge in [0.2, 0.25) is 11.0 Å². The van der Waals surface area contributed by atoms with E-state index in [4.69, 9.17) is 0 Å². The number of carbonyl (C=O) groups excluding carboxylic acids is 1. The van der Waals surface area contributed by atoms with Crippen molar-refractivity contribution < 1.29 is 4.79 Å². The summed E-state index contributed by atoms with van der Waals surface area (Å²) in [6.07, 6.45) is 1.86. The Bertz CT molecular complexity index is 1140. The maximum Gasteiger partial charge on any atom is 0.236 e. The third-order valence-electron chi connectivity index (χ3n) is 4.25. The average Bonchev–Trinajstić information content (AvgIpc) is 3.34. The van der Waals surface area contributed by atoms with Crippen molar-refractivity contribution in [3.05, 3.63) is 75.8 Å². The van der Waals surface area contributed by atoms with Crippen LogP contribution in [0.25, 0.3) is 11.3 Å². The minimum absolute atomic E-state index is 0.129. The summed E-state index contributed by atoms with van der Waals surface area (Å²) in [4.78, 5) is 16.9. The van der Waals surface area contributed by atoms with Crippen molar-refractivity contribution in [1.29, 1.82) is 0 Å². The number of halogens is 1. The molecule has 2 heterocycles. The number of carbonyl (C=O) groups is 1. The molecule has 0 aliphatic carbocycles. The molecule has 4 rings (SSSR count). The molecule has 0 aliphatic heterocycles. The van der Waals surface area contributed by atoms with Gasteiger partial charge < -0.3 is 4.57 Å². The minimum Gasteiger partial charge on any atom is -0.314 e. The van der Waals surface area contributed by atoms with E-state index in [1.165, 1.54) is 28.7 Å². The number of nitrogens with zero attached hydrogens (tertiary/aromatic N) is 4. The molecule has 1 N–H and O–H groups in total. The maximum absolute atomic E-state index is 12.3. The molecule has 0 aliphatic rings. The number of rotatable bonds is 7. The molecule has 1 amide bonds. The van der Waals surface area contributed by atoms with E-state index < -0.39 is 0 Å². The third-order valence-corrected chi connectivity index (χ3v) is 6.52. The zero-order chi connectivity index (χ0) is 20.9. The summed E-state index contributed by atoms with van der Waals surface area (Å²) >= 11 is 6.25. The van der Waals surface area contributed by atoms with Gasteiger partial charge >= 0.3 is 0 Å².